The molecule has 0 saturated heterocycles. The van der Waals surface area contributed by atoms with Gasteiger partial charge in [0.25, 0.3) is 0 Å². The Hall–Kier alpha value is -0.370. The summed E-state index contributed by atoms with van der Waals surface area (Å²) in [6.45, 7) is 2.14. The van der Waals surface area contributed by atoms with Gasteiger partial charge < -0.3 is 9.69 Å². The average Bonchev–Trinajstić information content (AvgIpc) is 1.89. The first-order valence-corrected chi connectivity index (χ1v) is 3.84. The van der Waals surface area contributed by atoms with Gasteiger partial charge in [0.2, 0.25) is 0 Å². The zero-order chi connectivity index (χ0) is 7.98. The van der Waals surface area contributed by atoms with Gasteiger partial charge in [-0.1, -0.05) is 19.8 Å². The van der Waals surface area contributed by atoms with E-state index in [-0.39, 0.29) is 6.04 Å². The van der Waals surface area contributed by atoms with Crippen molar-refractivity contribution in [2.75, 3.05) is 14.1 Å². The number of nitrogens with zero attached hydrogens (tertiary/aromatic N) is 1. The number of hydrogen-bond donors (Lipinski definition) is 0. The summed E-state index contributed by atoms with van der Waals surface area (Å²) in [5.74, 6) is 0. The number of likely N-dealkylation sites (N-methyl/N-ethyl adjacent to an activating group) is 1. The molecule has 0 aromatic heterocycles. The van der Waals surface area contributed by atoms with Gasteiger partial charge in [0, 0.05) is 0 Å². The van der Waals surface area contributed by atoms with Crippen LogP contribution in [-0.4, -0.2) is 31.3 Å². The Morgan fingerprint density at radius 3 is 2.40 bits per heavy atom. The molecule has 0 unspecified atom stereocenters. The maximum Gasteiger partial charge on any atom is 0.137 e. The van der Waals surface area contributed by atoms with Crippen LogP contribution < -0.4 is 0 Å². The lowest BCUT2D eigenvalue weighted by Gasteiger charge is -2.17. The second-order valence-corrected chi connectivity index (χ2v) is 2.81. The number of carbonyl (C=O) groups excluding carboxylic acids is 1. The minimum absolute atomic E-state index is 0.125. The summed E-state index contributed by atoms with van der Waals surface area (Å²) in [5, 5.41) is 0. The molecule has 0 bridgehead atoms. The highest BCUT2D eigenvalue weighted by Crippen LogP contribution is 2.02. The number of hydrogen-bond acceptors (Lipinski definition) is 2. The highest BCUT2D eigenvalue weighted by atomic mass is 16.1. The van der Waals surface area contributed by atoms with Crippen molar-refractivity contribution in [1.82, 2.24) is 4.90 Å². The summed E-state index contributed by atoms with van der Waals surface area (Å²) in [7, 11) is 3.88. The lowest BCUT2D eigenvalue weighted by atomic mass is 10.1. The molecule has 0 saturated carbocycles. The summed E-state index contributed by atoms with van der Waals surface area (Å²) >= 11 is 0. The third kappa shape index (κ3) is 3.62. The molecule has 0 N–H and O–H groups in total. The Bertz CT molecular complexity index is 91.3. The molecule has 2 nitrogen and oxygen atoms in total. The molecule has 1 atom stereocenters. The van der Waals surface area contributed by atoms with Crippen LogP contribution in [0.25, 0.3) is 0 Å². The van der Waals surface area contributed by atoms with Crippen LogP contribution >= 0.6 is 0 Å². The molecule has 0 aliphatic rings. The van der Waals surface area contributed by atoms with Crippen molar-refractivity contribution in [3.63, 3.8) is 0 Å². The molecule has 0 aromatic carbocycles. The number of rotatable bonds is 5. The van der Waals surface area contributed by atoms with Gasteiger partial charge in [-0.3, -0.25) is 0 Å². The fraction of sp³-hybridized carbons (Fsp3) is 0.875. The van der Waals surface area contributed by atoms with Crippen molar-refractivity contribution in [2.24, 2.45) is 0 Å². The van der Waals surface area contributed by atoms with E-state index in [0.717, 1.165) is 25.5 Å². The van der Waals surface area contributed by atoms with Crippen molar-refractivity contribution in [3.05, 3.63) is 0 Å². The third-order valence-corrected chi connectivity index (χ3v) is 1.67. The van der Waals surface area contributed by atoms with Crippen molar-refractivity contribution in [2.45, 2.75) is 32.2 Å². The van der Waals surface area contributed by atoms with Crippen LogP contribution in [0, 0.1) is 0 Å². The molecule has 0 heterocycles. The fourth-order valence-electron chi connectivity index (χ4n) is 0.861. The van der Waals surface area contributed by atoms with Crippen LogP contribution in [0.4, 0.5) is 0 Å². The van der Waals surface area contributed by atoms with Gasteiger partial charge >= 0.3 is 0 Å². The van der Waals surface area contributed by atoms with E-state index in [9.17, 15) is 4.79 Å². The van der Waals surface area contributed by atoms with E-state index in [1.54, 1.807) is 0 Å². The number of aldehydes is 1. The van der Waals surface area contributed by atoms with E-state index in [1.165, 1.54) is 0 Å². The molecule has 0 amide bonds. The summed E-state index contributed by atoms with van der Waals surface area (Å²) in [4.78, 5) is 12.4. The van der Waals surface area contributed by atoms with Crippen molar-refractivity contribution >= 4 is 6.29 Å². The van der Waals surface area contributed by atoms with Gasteiger partial charge in [0.05, 0.1) is 6.04 Å². The number of unbranched alkanes of at least 4 members (excludes halogenated alkanes) is 1. The van der Waals surface area contributed by atoms with Gasteiger partial charge in [-0.05, 0) is 20.5 Å². The van der Waals surface area contributed by atoms with Crippen molar-refractivity contribution < 1.29 is 4.79 Å². The molecule has 0 radical (unpaired) electrons. The fourth-order valence-corrected chi connectivity index (χ4v) is 0.861. The highest BCUT2D eigenvalue weighted by molar-refractivity contribution is 5.57. The van der Waals surface area contributed by atoms with Crippen LogP contribution in [0.5, 0.6) is 0 Å². The summed E-state index contributed by atoms with van der Waals surface area (Å²) in [6, 6.07) is 0.125. The Kier molecular flexibility index (Phi) is 5.22. The first-order chi connectivity index (χ1) is 4.72. The van der Waals surface area contributed by atoms with Gasteiger partial charge in [0.1, 0.15) is 6.29 Å². The maximum atomic E-state index is 10.4. The second kappa shape index (κ2) is 5.42. The summed E-state index contributed by atoms with van der Waals surface area (Å²) < 4.78 is 0. The molecule has 2 heteroatoms. The van der Waals surface area contributed by atoms with Crippen LogP contribution in [0.1, 0.15) is 26.2 Å². The van der Waals surface area contributed by atoms with E-state index in [1.807, 2.05) is 19.0 Å². The predicted molar refractivity (Wildman–Crippen MR) is 43.1 cm³/mol. The van der Waals surface area contributed by atoms with Gasteiger partial charge in [0.15, 0.2) is 0 Å². The van der Waals surface area contributed by atoms with E-state index < -0.39 is 0 Å². The molecular formula is C8H17NO. The largest absolute Gasteiger partial charge is 0.302 e. The minimum atomic E-state index is 0.125. The zero-order valence-electron chi connectivity index (χ0n) is 7.13. The third-order valence-electron chi connectivity index (χ3n) is 1.67. The van der Waals surface area contributed by atoms with Crippen molar-refractivity contribution in [3.8, 4) is 0 Å². The quantitative estimate of drug-likeness (QED) is 0.541. The smallest absolute Gasteiger partial charge is 0.137 e. The Morgan fingerprint density at radius 1 is 1.50 bits per heavy atom. The minimum Gasteiger partial charge on any atom is -0.302 e. The predicted octanol–water partition coefficient (Wildman–Crippen LogP) is 1.31. The second-order valence-electron chi connectivity index (χ2n) is 2.81. The monoisotopic (exact) mass is 143 g/mol. The Labute approximate surface area is 63.2 Å². The molecule has 0 aromatic rings. The summed E-state index contributed by atoms with van der Waals surface area (Å²) in [5.41, 5.74) is 0. The van der Waals surface area contributed by atoms with E-state index in [4.69, 9.17) is 0 Å². The topological polar surface area (TPSA) is 20.3 Å². The van der Waals surface area contributed by atoms with Crippen LogP contribution in [0.15, 0.2) is 0 Å². The maximum absolute atomic E-state index is 10.4. The van der Waals surface area contributed by atoms with Gasteiger partial charge in [-0.25, -0.2) is 0 Å². The first-order valence-electron chi connectivity index (χ1n) is 3.84. The molecular weight excluding hydrogens is 126 g/mol. The first kappa shape index (κ1) is 9.63. The van der Waals surface area contributed by atoms with E-state index >= 15 is 0 Å². The molecule has 0 rings (SSSR count). The standard InChI is InChI=1S/C8H17NO/c1-4-5-6-8(7-10)9(2)3/h7-8H,4-6H2,1-3H3/t8-/m0/s1. The Morgan fingerprint density at radius 2 is 2.10 bits per heavy atom. The lowest BCUT2D eigenvalue weighted by Crippen LogP contribution is -2.28. The van der Waals surface area contributed by atoms with Crippen LogP contribution in [-0.2, 0) is 4.79 Å². The molecule has 10 heavy (non-hydrogen) atoms. The molecule has 0 spiro atoms. The van der Waals surface area contributed by atoms with Crippen LogP contribution in [0.3, 0.4) is 0 Å². The van der Waals surface area contributed by atoms with Gasteiger partial charge in [-0.15, -0.1) is 0 Å². The number of carbonyl (C=O) groups is 1. The molecule has 60 valence electrons. The van der Waals surface area contributed by atoms with E-state index in [2.05, 4.69) is 6.92 Å². The Balaban J connectivity index is 3.50. The lowest BCUT2D eigenvalue weighted by molar-refractivity contribution is -0.111. The zero-order valence-corrected chi connectivity index (χ0v) is 7.13. The molecule has 0 aliphatic carbocycles. The van der Waals surface area contributed by atoms with Gasteiger partial charge in [-0.2, -0.15) is 0 Å². The molecule has 0 fully saturated rings. The highest BCUT2D eigenvalue weighted by Gasteiger charge is 2.07. The van der Waals surface area contributed by atoms with E-state index in [0.29, 0.717) is 0 Å². The summed E-state index contributed by atoms with van der Waals surface area (Å²) in [6.07, 6.45) is 4.32. The average molecular weight is 143 g/mol. The van der Waals surface area contributed by atoms with Crippen molar-refractivity contribution in [1.29, 1.82) is 0 Å². The SMILES string of the molecule is CCCC[C@@H](C=O)N(C)C. The van der Waals surface area contributed by atoms with Crippen LogP contribution in [0.2, 0.25) is 0 Å². The molecule has 0 aliphatic heterocycles. The normalized spacial score (nSPS) is 13.6.